The van der Waals surface area contributed by atoms with Crippen molar-refractivity contribution in [1.82, 2.24) is 14.7 Å². The molecule has 4 saturated carbocycles. The van der Waals surface area contributed by atoms with Crippen LogP contribution in [-0.4, -0.2) is 77.4 Å². The summed E-state index contributed by atoms with van der Waals surface area (Å²) in [5, 5.41) is 0. The molecule has 3 saturated heterocycles. The Bertz CT molecular complexity index is 1080. The molecule has 0 N–H and O–H groups in total. The SMILES string of the molecule is CC1CCN(C(=O)CN2CN(c3ccccc3)C3(CCN(C(=O)C45CC6CC(CC(C6)C4)C5)CC3)C2=O)CC1. The molecule has 8 rings (SSSR count). The summed E-state index contributed by atoms with van der Waals surface area (Å²) in [7, 11) is 0. The lowest BCUT2D eigenvalue weighted by atomic mass is 9.49. The third-order valence-corrected chi connectivity index (χ3v) is 11.4. The summed E-state index contributed by atoms with van der Waals surface area (Å²) in [4.78, 5) is 49.5. The van der Waals surface area contributed by atoms with Crippen LogP contribution in [0.2, 0.25) is 0 Å². The van der Waals surface area contributed by atoms with Crippen LogP contribution in [0.3, 0.4) is 0 Å². The van der Waals surface area contributed by atoms with Gasteiger partial charge in [-0.1, -0.05) is 25.1 Å². The summed E-state index contributed by atoms with van der Waals surface area (Å²) in [5.74, 6) is 3.40. The molecule has 7 heteroatoms. The second-order valence-corrected chi connectivity index (χ2v) is 14.0. The highest BCUT2D eigenvalue weighted by atomic mass is 16.2. The third-order valence-electron chi connectivity index (χ3n) is 11.4. The van der Waals surface area contributed by atoms with Crippen molar-refractivity contribution in [1.29, 1.82) is 0 Å². The maximum Gasteiger partial charge on any atom is 0.250 e. The predicted molar refractivity (Wildman–Crippen MR) is 150 cm³/mol. The van der Waals surface area contributed by atoms with Gasteiger partial charge >= 0.3 is 0 Å². The molecule has 1 aromatic rings. The molecular weight excluding hydrogens is 488 g/mol. The summed E-state index contributed by atoms with van der Waals surface area (Å²) >= 11 is 0. The fourth-order valence-corrected chi connectivity index (χ4v) is 9.63. The second kappa shape index (κ2) is 9.52. The van der Waals surface area contributed by atoms with E-state index in [4.69, 9.17) is 0 Å². The molecule has 210 valence electrons. The number of anilines is 1. The minimum Gasteiger partial charge on any atom is -0.342 e. The molecular formula is C32H44N4O3. The molecule has 0 radical (unpaired) electrons. The fourth-order valence-electron chi connectivity index (χ4n) is 9.63. The molecule has 1 aromatic carbocycles. The lowest BCUT2D eigenvalue weighted by molar-refractivity contribution is -0.160. The maximum atomic E-state index is 14.1. The van der Waals surface area contributed by atoms with Crippen molar-refractivity contribution in [2.75, 3.05) is 44.3 Å². The number of nitrogens with zero attached hydrogens (tertiary/aromatic N) is 4. The number of hydrogen-bond donors (Lipinski definition) is 0. The number of piperidine rings is 2. The predicted octanol–water partition coefficient (Wildman–Crippen LogP) is 4.13. The van der Waals surface area contributed by atoms with Gasteiger partial charge in [0.25, 0.3) is 5.91 Å². The van der Waals surface area contributed by atoms with Gasteiger partial charge in [0.05, 0.1) is 12.1 Å². The van der Waals surface area contributed by atoms with Crippen LogP contribution in [-0.2, 0) is 14.4 Å². The highest BCUT2D eigenvalue weighted by molar-refractivity contribution is 5.96. The topological polar surface area (TPSA) is 64.2 Å². The van der Waals surface area contributed by atoms with E-state index in [-0.39, 0.29) is 23.8 Å². The van der Waals surface area contributed by atoms with Crippen molar-refractivity contribution in [3.05, 3.63) is 30.3 Å². The minimum absolute atomic E-state index is 0.0620. The van der Waals surface area contributed by atoms with E-state index in [0.717, 1.165) is 68.6 Å². The maximum absolute atomic E-state index is 14.1. The molecule has 7 aliphatic rings. The number of para-hydroxylation sites is 1. The Balaban J connectivity index is 1.08. The van der Waals surface area contributed by atoms with Crippen LogP contribution in [0, 0.1) is 29.1 Å². The molecule has 0 atom stereocenters. The Morgan fingerprint density at radius 3 is 2.03 bits per heavy atom. The van der Waals surface area contributed by atoms with Gasteiger partial charge in [0, 0.05) is 31.9 Å². The molecule has 3 heterocycles. The summed E-state index contributed by atoms with van der Waals surface area (Å²) in [6.45, 7) is 5.65. The Hall–Kier alpha value is -2.57. The largest absolute Gasteiger partial charge is 0.342 e. The standard InChI is InChI=1S/C32H44N4O3/c1-23-7-11-33(12-8-23)28(37)21-35-22-36(27-5-3-2-4-6-27)32(30(35)39)9-13-34(14-10-32)29(38)31-18-24-15-25(19-31)17-26(16-24)20-31/h2-6,23-26H,7-22H2,1H3. The number of amides is 3. The Morgan fingerprint density at radius 2 is 1.44 bits per heavy atom. The van der Waals surface area contributed by atoms with Crippen molar-refractivity contribution in [2.24, 2.45) is 29.1 Å². The Labute approximate surface area is 232 Å². The lowest BCUT2D eigenvalue weighted by Gasteiger charge is -2.57. The van der Waals surface area contributed by atoms with Crippen LogP contribution in [0.4, 0.5) is 5.69 Å². The van der Waals surface area contributed by atoms with Crippen molar-refractivity contribution in [2.45, 2.75) is 76.7 Å². The number of likely N-dealkylation sites (tertiary alicyclic amines) is 2. The van der Waals surface area contributed by atoms with Crippen LogP contribution in [0.5, 0.6) is 0 Å². The van der Waals surface area contributed by atoms with Gasteiger partial charge in [0.15, 0.2) is 0 Å². The molecule has 1 spiro atoms. The van der Waals surface area contributed by atoms with Crippen LogP contribution < -0.4 is 4.90 Å². The molecule has 4 aliphatic carbocycles. The minimum atomic E-state index is -0.684. The molecule has 7 nitrogen and oxygen atoms in total. The number of rotatable bonds is 4. The zero-order chi connectivity index (χ0) is 26.8. The van der Waals surface area contributed by atoms with Gasteiger partial charge in [-0.25, -0.2) is 0 Å². The Morgan fingerprint density at radius 1 is 0.846 bits per heavy atom. The highest BCUT2D eigenvalue weighted by Gasteiger charge is 2.58. The molecule has 3 amide bonds. The van der Waals surface area contributed by atoms with Crippen LogP contribution >= 0.6 is 0 Å². The van der Waals surface area contributed by atoms with E-state index in [9.17, 15) is 14.4 Å². The smallest absolute Gasteiger partial charge is 0.250 e. The van der Waals surface area contributed by atoms with Crippen LogP contribution in [0.1, 0.15) is 71.1 Å². The van der Waals surface area contributed by atoms with E-state index in [0.29, 0.717) is 44.4 Å². The molecule has 39 heavy (non-hydrogen) atoms. The fraction of sp³-hybridized carbons (Fsp3) is 0.719. The van der Waals surface area contributed by atoms with E-state index in [2.05, 4.69) is 28.9 Å². The van der Waals surface area contributed by atoms with E-state index in [1.807, 2.05) is 23.1 Å². The third kappa shape index (κ3) is 4.26. The average molecular weight is 533 g/mol. The number of hydrogen-bond acceptors (Lipinski definition) is 4. The van der Waals surface area contributed by atoms with Gasteiger partial charge in [-0.2, -0.15) is 0 Å². The van der Waals surface area contributed by atoms with E-state index >= 15 is 0 Å². The van der Waals surface area contributed by atoms with Crippen molar-refractivity contribution in [3.63, 3.8) is 0 Å². The van der Waals surface area contributed by atoms with Crippen molar-refractivity contribution in [3.8, 4) is 0 Å². The number of benzene rings is 1. The first-order chi connectivity index (χ1) is 18.8. The van der Waals surface area contributed by atoms with E-state index in [1.54, 1.807) is 4.90 Å². The van der Waals surface area contributed by atoms with Crippen molar-refractivity contribution >= 4 is 23.4 Å². The quantitative estimate of drug-likeness (QED) is 0.585. The summed E-state index contributed by atoms with van der Waals surface area (Å²) in [6, 6.07) is 10.2. The molecule has 4 bridgehead atoms. The van der Waals surface area contributed by atoms with E-state index < -0.39 is 5.54 Å². The molecule has 0 aromatic heterocycles. The summed E-state index contributed by atoms with van der Waals surface area (Å²) < 4.78 is 0. The van der Waals surface area contributed by atoms with Crippen LogP contribution in [0.25, 0.3) is 0 Å². The van der Waals surface area contributed by atoms with Gasteiger partial charge in [-0.15, -0.1) is 0 Å². The molecule has 3 aliphatic heterocycles. The van der Waals surface area contributed by atoms with Gasteiger partial charge in [-0.3, -0.25) is 14.4 Å². The first-order valence-corrected chi connectivity index (χ1v) is 15.5. The zero-order valence-corrected chi connectivity index (χ0v) is 23.5. The summed E-state index contributed by atoms with van der Waals surface area (Å²) in [6.07, 6.45) is 10.6. The number of carbonyl (C=O) groups excluding carboxylic acids is 3. The molecule has 7 fully saturated rings. The normalized spacial score (nSPS) is 33.9. The Kier molecular flexibility index (Phi) is 6.20. The zero-order valence-electron chi connectivity index (χ0n) is 23.5. The average Bonchev–Trinajstić information content (AvgIpc) is 3.19. The van der Waals surface area contributed by atoms with Crippen LogP contribution in [0.15, 0.2) is 30.3 Å². The van der Waals surface area contributed by atoms with Gasteiger partial charge in [0.2, 0.25) is 11.8 Å². The first-order valence-electron chi connectivity index (χ1n) is 15.5. The summed E-state index contributed by atoms with van der Waals surface area (Å²) in [5.41, 5.74) is 0.201. The van der Waals surface area contributed by atoms with E-state index in [1.165, 1.54) is 19.3 Å². The second-order valence-electron chi connectivity index (χ2n) is 14.0. The first kappa shape index (κ1) is 25.4. The monoisotopic (exact) mass is 532 g/mol. The van der Waals surface area contributed by atoms with Gasteiger partial charge < -0.3 is 19.6 Å². The molecule has 0 unspecified atom stereocenters. The lowest BCUT2D eigenvalue weighted by Crippen LogP contribution is -2.61. The van der Waals surface area contributed by atoms with Crippen molar-refractivity contribution < 1.29 is 14.4 Å². The highest BCUT2D eigenvalue weighted by Crippen LogP contribution is 2.60. The van der Waals surface area contributed by atoms with Gasteiger partial charge in [-0.05, 0) is 100 Å². The number of carbonyl (C=O) groups is 3. The van der Waals surface area contributed by atoms with Gasteiger partial charge in [0.1, 0.15) is 12.1 Å².